The van der Waals surface area contributed by atoms with Crippen LogP contribution in [-0.2, 0) is 0 Å². The van der Waals surface area contributed by atoms with Crippen molar-refractivity contribution in [2.24, 2.45) is 5.92 Å². The Morgan fingerprint density at radius 1 is 1.56 bits per heavy atom. The summed E-state index contributed by atoms with van der Waals surface area (Å²) in [4.78, 5) is 10.6. The fraction of sp³-hybridized carbons (Fsp3) is 0.692. The lowest BCUT2D eigenvalue weighted by Gasteiger charge is -2.28. The Morgan fingerprint density at radius 2 is 2.39 bits per heavy atom. The van der Waals surface area contributed by atoms with Crippen molar-refractivity contribution in [2.75, 3.05) is 24.5 Å². The van der Waals surface area contributed by atoms with E-state index in [4.69, 9.17) is 11.6 Å². The molecule has 1 aliphatic rings. The zero-order valence-electron chi connectivity index (χ0n) is 11.1. The minimum absolute atomic E-state index is 0.551. The molecule has 1 N–H and O–H groups in total. The summed E-state index contributed by atoms with van der Waals surface area (Å²) >= 11 is 6.20. The third-order valence-electron chi connectivity index (χ3n) is 3.14. The van der Waals surface area contributed by atoms with E-state index >= 15 is 0 Å². The summed E-state index contributed by atoms with van der Waals surface area (Å²) in [6.45, 7) is 7.48. The van der Waals surface area contributed by atoms with Crippen molar-refractivity contribution in [3.05, 3.63) is 17.5 Å². The first-order valence-corrected chi connectivity index (χ1v) is 6.98. The highest BCUT2D eigenvalue weighted by Crippen LogP contribution is 2.23. The lowest BCUT2D eigenvalue weighted by atomic mass is 10.1. The van der Waals surface area contributed by atoms with Gasteiger partial charge >= 0.3 is 0 Å². The van der Waals surface area contributed by atoms with Crippen LogP contribution >= 0.6 is 11.6 Å². The van der Waals surface area contributed by atoms with Crippen LogP contribution in [0.4, 0.5) is 5.82 Å². The van der Waals surface area contributed by atoms with E-state index in [0.29, 0.717) is 17.0 Å². The monoisotopic (exact) mass is 268 g/mol. The normalized spacial score (nSPS) is 19.4. The molecule has 2 rings (SSSR count). The van der Waals surface area contributed by atoms with Crippen molar-refractivity contribution in [3.8, 4) is 0 Å². The van der Waals surface area contributed by atoms with E-state index in [1.807, 2.05) is 0 Å². The molecule has 0 bridgehead atoms. The molecule has 18 heavy (non-hydrogen) atoms. The van der Waals surface area contributed by atoms with Gasteiger partial charge < -0.3 is 10.2 Å². The molecule has 5 heteroatoms. The number of hydrogen-bond acceptors (Lipinski definition) is 4. The molecule has 1 fully saturated rings. The second-order valence-corrected chi connectivity index (χ2v) is 5.69. The topological polar surface area (TPSA) is 41.0 Å². The Bertz CT molecular complexity index is 377. The maximum absolute atomic E-state index is 6.20. The predicted molar refractivity (Wildman–Crippen MR) is 75.1 cm³/mol. The molecule has 1 aromatic heterocycles. The van der Waals surface area contributed by atoms with Gasteiger partial charge in [-0.05, 0) is 25.3 Å². The van der Waals surface area contributed by atoms with E-state index in [2.05, 4.69) is 34.0 Å². The second-order valence-electron chi connectivity index (χ2n) is 5.29. The Kier molecular flexibility index (Phi) is 4.78. The van der Waals surface area contributed by atoms with Crippen LogP contribution in [-0.4, -0.2) is 35.6 Å². The first kappa shape index (κ1) is 13.6. The molecule has 100 valence electrons. The van der Waals surface area contributed by atoms with E-state index in [1.165, 1.54) is 12.8 Å². The van der Waals surface area contributed by atoms with Crippen LogP contribution in [0.1, 0.15) is 26.7 Å². The van der Waals surface area contributed by atoms with Crippen LogP contribution < -0.4 is 10.2 Å². The predicted octanol–water partition coefficient (Wildman–Crippen LogP) is 2.34. The van der Waals surface area contributed by atoms with E-state index in [1.54, 1.807) is 12.5 Å². The standard InChI is InChI=1S/C13H21ClN4/c1-10(2)7-18(8-11-4-3-5-16-11)13-12(14)6-15-9-17-13/h6,9-11,16H,3-5,7-8H2,1-2H3. The average Bonchev–Trinajstić information content (AvgIpc) is 2.81. The number of rotatable bonds is 5. The van der Waals surface area contributed by atoms with E-state index in [9.17, 15) is 0 Å². The molecule has 1 saturated heterocycles. The van der Waals surface area contributed by atoms with Crippen LogP contribution in [0.5, 0.6) is 0 Å². The molecular weight excluding hydrogens is 248 g/mol. The van der Waals surface area contributed by atoms with E-state index in [0.717, 1.165) is 25.5 Å². The van der Waals surface area contributed by atoms with Gasteiger partial charge in [-0.2, -0.15) is 0 Å². The molecule has 1 unspecified atom stereocenters. The molecule has 0 amide bonds. The molecule has 0 radical (unpaired) electrons. The summed E-state index contributed by atoms with van der Waals surface area (Å²) in [5, 5.41) is 4.16. The van der Waals surface area contributed by atoms with Crippen molar-refractivity contribution >= 4 is 17.4 Å². The Morgan fingerprint density at radius 3 is 3.00 bits per heavy atom. The molecular formula is C13H21ClN4. The lowest BCUT2D eigenvalue weighted by molar-refractivity contribution is 0.537. The highest BCUT2D eigenvalue weighted by atomic mass is 35.5. The van der Waals surface area contributed by atoms with Crippen LogP contribution in [0, 0.1) is 5.92 Å². The van der Waals surface area contributed by atoms with E-state index < -0.39 is 0 Å². The molecule has 1 aliphatic heterocycles. The van der Waals surface area contributed by atoms with Gasteiger partial charge in [0.05, 0.1) is 6.20 Å². The fourth-order valence-electron chi connectivity index (χ4n) is 2.41. The quantitative estimate of drug-likeness (QED) is 0.890. The number of nitrogens with one attached hydrogen (secondary N) is 1. The maximum atomic E-state index is 6.20. The highest BCUT2D eigenvalue weighted by molar-refractivity contribution is 6.32. The summed E-state index contributed by atoms with van der Waals surface area (Å²) in [6.07, 6.45) is 5.73. The third-order valence-corrected chi connectivity index (χ3v) is 3.40. The second kappa shape index (κ2) is 6.34. The summed E-state index contributed by atoms with van der Waals surface area (Å²) < 4.78 is 0. The summed E-state index contributed by atoms with van der Waals surface area (Å²) in [6, 6.07) is 0.551. The van der Waals surface area contributed by atoms with Gasteiger partial charge in [0.25, 0.3) is 0 Å². The third kappa shape index (κ3) is 3.56. The van der Waals surface area contributed by atoms with Gasteiger partial charge in [0.2, 0.25) is 0 Å². The van der Waals surface area contributed by atoms with Gasteiger partial charge in [-0.25, -0.2) is 9.97 Å². The maximum Gasteiger partial charge on any atom is 0.150 e. The molecule has 1 atom stereocenters. The Balaban J connectivity index is 2.11. The minimum Gasteiger partial charge on any atom is -0.353 e. The van der Waals surface area contributed by atoms with Gasteiger partial charge in [0.1, 0.15) is 11.3 Å². The number of nitrogens with zero attached hydrogens (tertiary/aromatic N) is 3. The number of aromatic nitrogens is 2. The number of hydrogen-bond donors (Lipinski definition) is 1. The number of anilines is 1. The van der Waals surface area contributed by atoms with Gasteiger partial charge in [-0.15, -0.1) is 0 Å². The smallest absolute Gasteiger partial charge is 0.150 e. The molecule has 0 aromatic carbocycles. The van der Waals surface area contributed by atoms with Crippen LogP contribution in [0.25, 0.3) is 0 Å². The molecule has 4 nitrogen and oxygen atoms in total. The number of halogens is 1. The van der Waals surface area contributed by atoms with Crippen LogP contribution in [0.15, 0.2) is 12.5 Å². The summed E-state index contributed by atoms with van der Waals surface area (Å²) in [5.41, 5.74) is 0. The first-order chi connectivity index (χ1) is 8.66. The molecule has 0 aliphatic carbocycles. The van der Waals surface area contributed by atoms with E-state index in [-0.39, 0.29) is 0 Å². The fourth-order valence-corrected chi connectivity index (χ4v) is 2.63. The lowest BCUT2D eigenvalue weighted by Crippen LogP contribution is -2.40. The minimum atomic E-state index is 0.551. The summed E-state index contributed by atoms with van der Waals surface area (Å²) in [5.74, 6) is 1.44. The molecule has 0 saturated carbocycles. The van der Waals surface area contributed by atoms with Gasteiger partial charge in [0.15, 0.2) is 5.82 Å². The van der Waals surface area contributed by atoms with Crippen molar-refractivity contribution in [2.45, 2.75) is 32.7 Å². The summed E-state index contributed by atoms with van der Waals surface area (Å²) in [7, 11) is 0. The van der Waals surface area contributed by atoms with Gasteiger partial charge in [-0.3, -0.25) is 0 Å². The Hall–Kier alpha value is -0.870. The molecule has 0 spiro atoms. The van der Waals surface area contributed by atoms with Crippen molar-refractivity contribution in [1.82, 2.24) is 15.3 Å². The van der Waals surface area contributed by atoms with Crippen molar-refractivity contribution < 1.29 is 0 Å². The van der Waals surface area contributed by atoms with Crippen LogP contribution in [0.2, 0.25) is 5.02 Å². The zero-order valence-corrected chi connectivity index (χ0v) is 11.8. The molecule has 2 heterocycles. The largest absolute Gasteiger partial charge is 0.353 e. The first-order valence-electron chi connectivity index (χ1n) is 6.60. The Labute approximate surface area is 114 Å². The zero-order chi connectivity index (χ0) is 13.0. The SMILES string of the molecule is CC(C)CN(CC1CCCN1)c1ncncc1Cl. The van der Waals surface area contributed by atoms with Crippen molar-refractivity contribution in [1.29, 1.82) is 0 Å². The average molecular weight is 269 g/mol. The van der Waals surface area contributed by atoms with Gasteiger partial charge in [-0.1, -0.05) is 25.4 Å². The van der Waals surface area contributed by atoms with Gasteiger partial charge in [0, 0.05) is 19.1 Å². The highest BCUT2D eigenvalue weighted by Gasteiger charge is 2.21. The molecule has 1 aromatic rings. The van der Waals surface area contributed by atoms with Crippen molar-refractivity contribution in [3.63, 3.8) is 0 Å². The van der Waals surface area contributed by atoms with Crippen LogP contribution in [0.3, 0.4) is 0 Å².